The van der Waals surface area contributed by atoms with E-state index in [-0.39, 0.29) is 36.2 Å². The van der Waals surface area contributed by atoms with Gasteiger partial charge in [0.15, 0.2) is 0 Å². The number of unbranched alkanes of at least 4 members (excludes halogenated alkanes) is 1. The second-order valence-electron chi connectivity index (χ2n) is 8.49. The van der Waals surface area contributed by atoms with Crippen molar-refractivity contribution >= 4 is 29.9 Å². The lowest BCUT2D eigenvalue weighted by Gasteiger charge is -2.30. The van der Waals surface area contributed by atoms with Gasteiger partial charge in [-0.25, -0.2) is 0 Å². The Balaban J connectivity index is 0.00000225. The van der Waals surface area contributed by atoms with Crippen LogP contribution >= 0.6 is 12.4 Å². The average molecular weight is 406 g/mol. The highest BCUT2D eigenvalue weighted by Crippen LogP contribution is 2.29. The monoisotopic (exact) mass is 405 g/mol. The highest BCUT2D eigenvalue weighted by atomic mass is 35.5. The number of piperidine rings is 1. The standard InChI is InChI=1S/C22H31N3O2.ClH/c1-2-3-4-15-5-9-20(10-6-15)25-14-16(11-21(25)26)22(27)24-19-12-17-7-8-18(13-19)23-17;/h5-6,9-10,16-19,23H,2-4,7-8,11-14H2,1H3,(H,24,27);1H. The Kier molecular flexibility index (Phi) is 7.00. The highest BCUT2D eigenvalue weighted by Gasteiger charge is 2.38. The van der Waals surface area contributed by atoms with Crippen molar-refractivity contribution in [3.05, 3.63) is 29.8 Å². The van der Waals surface area contributed by atoms with E-state index >= 15 is 0 Å². The average Bonchev–Trinajstić information content (AvgIpc) is 3.22. The minimum Gasteiger partial charge on any atom is -0.353 e. The van der Waals surface area contributed by atoms with Crippen LogP contribution in [-0.4, -0.2) is 36.5 Å². The van der Waals surface area contributed by atoms with Crippen LogP contribution in [0.3, 0.4) is 0 Å². The summed E-state index contributed by atoms with van der Waals surface area (Å²) in [6, 6.07) is 9.64. The first-order valence-electron chi connectivity index (χ1n) is 10.6. The number of nitrogens with zero attached hydrogens (tertiary/aromatic N) is 1. The fourth-order valence-electron chi connectivity index (χ4n) is 4.85. The summed E-state index contributed by atoms with van der Waals surface area (Å²) >= 11 is 0. The number of fused-ring (bicyclic) bond motifs is 2. The van der Waals surface area contributed by atoms with Crippen LogP contribution in [0.4, 0.5) is 5.69 Å². The molecule has 3 aliphatic heterocycles. The number of aryl methyl sites for hydroxylation is 1. The van der Waals surface area contributed by atoms with Crippen molar-refractivity contribution < 1.29 is 9.59 Å². The normalized spacial score (nSPS) is 28.9. The Morgan fingerprint density at radius 1 is 1.18 bits per heavy atom. The molecule has 3 saturated heterocycles. The van der Waals surface area contributed by atoms with E-state index in [2.05, 4.69) is 29.7 Å². The molecule has 1 aromatic rings. The molecular weight excluding hydrogens is 374 g/mol. The molecule has 0 spiro atoms. The molecular formula is C22H32ClN3O2. The van der Waals surface area contributed by atoms with Crippen LogP contribution in [-0.2, 0) is 16.0 Å². The molecule has 4 rings (SSSR count). The van der Waals surface area contributed by atoms with Crippen LogP contribution in [0.5, 0.6) is 0 Å². The molecule has 3 heterocycles. The van der Waals surface area contributed by atoms with Crippen molar-refractivity contribution in [2.75, 3.05) is 11.4 Å². The predicted octanol–water partition coefficient (Wildman–Crippen LogP) is 3.20. The molecule has 0 aliphatic carbocycles. The van der Waals surface area contributed by atoms with Gasteiger partial charge in [-0.05, 0) is 56.2 Å². The lowest BCUT2D eigenvalue weighted by molar-refractivity contribution is -0.127. The van der Waals surface area contributed by atoms with E-state index < -0.39 is 0 Å². The quantitative estimate of drug-likeness (QED) is 0.763. The van der Waals surface area contributed by atoms with Gasteiger partial charge in [-0.1, -0.05) is 25.5 Å². The SMILES string of the molecule is CCCCc1ccc(N2CC(C(=O)NC3CC4CCC(C3)N4)CC2=O)cc1.Cl. The molecule has 2 amide bonds. The number of hydrogen-bond donors (Lipinski definition) is 2. The topological polar surface area (TPSA) is 61.4 Å². The molecule has 5 nitrogen and oxygen atoms in total. The van der Waals surface area contributed by atoms with Gasteiger partial charge in [0.25, 0.3) is 0 Å². The first-order chi connectivity index (χ1) is 13.1. The van der Waals surface area contributed by atoms with Gasteiger partial charge >= 0.3 is 0 Å². The summed E-state index contributed by atoms with van der Waals surface area (Å²) in [4.78, 5) is 27.0. The number of rotatable bonds is 6. The smallest absolute Gasteiger partial charge is 0.227 e. The van der Waals surface area contributed by atoms with Crippen LogP contribution in [0.2, 0.25) is 0 Å². The second kappa shape index (κ2) is 9.27. The maximum Gasteiger partial charge on any atom is 0.227 e. The Morgan fingerprint density at radius 3 is 2.50 bits per heavy atom. The Labute approximate surface area is 174 Å². The van der Waals surface area contributed by atoms with E-state index in [4.69, 9.17) is 0 Å². The zero-order chi connectivity index (χ0) is 18.8. The molecule has 3 atom stereocenters. The maximum atomic E-state index is 12.7. The molecule has 0 aromatic heterocycles. The van der Waals surface area contributed by atoms with Gasteiger partial charge in [0.1, 0.15) is 0 Å². The summed E-state index contributed by atoms with van der Waals surface area (Å²) < 4.78 is 0. The van der Waals surface area contributed by atoms with E-state index in [0.29, 0.717) is 25.0 Å². The van der Waals surface area contributed by atoms with Crippen molar-refractivity contribution in [1.29, 1.82) is 0 Å². The zero-order valence-corrected chi connectivity index (χ0v) is 17.5. The number of nitrogens with one attached hydrogen (secondary N) is 2. The summed E-state index contributed by atoms with van der Waals surface area (Å²) in [5.41, 5.74) is 2.22. The molecule has 0 radical (unpaired) electrons. The highest BCUT2D eigenvalue weighted by molar-refractivity contribution is 6.00. The number of halogens is 1. The third-order valence-corrected chi connectivity index (χ3v) is 6.38. The minimum atomic E-state index is -0.232. The van der Waals surface area contributed by atoms with Crippen LogP contribution in [0.15, 0.2) is 24.3 Å². The van der Waals surface area contributed by atoms with Crippen LogP contribution in [0, 0.1) is 5.92 Å². The van der Waals surface area contributed by atoms with Gasteiger partial charge in [-0.3, -0.25) is 9.59 Å². The predicted molar refractivity (Wildman–Crippen MR) is 114 cm³/mol. The minimum absolute atomic E-state index is 0. The summed E-state index contributed by atoms with van der Waals surface area (Å²) in [7, 11) is 0. The van der Waals surface area contributed by atoms with Gasteiger partial charge in [0, 0.05) is 36.8 Å². The number of carbonyl (C=O) groups excluding carboxylic acids is 2. The fraction of sp³-hybridized carbons (Fsp3) is 0.636. The van der Waals surface area contributed by atoms with Crippen LogP contribution in [0.1, 0.15) is 57.4 Å². The lowest BCUT2D eigenvalue weighted by atomic mass is 9.98. The van der Waals surface area contributed by atoms with Gasteiger partial charge in [-0.2, -0.15) is 0 Å². The van der Waals surface area contributed by atoms with Crippen molar-refractivity contribution in [2.45, 2.75) is 76.4 Å². The fourth-order valence-corrected chi connectivity index (χ4v) is 4.85. The third kappa shape index (κ3) is 4.69. The van der Waals surface area contributed by atoms with Gasteiger partial charge in [-0.15, -0.1) is 12.4 Å². The molecule has 3 unspecified atom stereocenters. The van der Waals surface area contributed by atoms with Crippen LogP contribution < -0.4 is 15.5 Å². The second-order valence-corrected chi connectivity index (χ2v) is 8.49. The summed E-state index contributed by atoms with van der Waals surface area (Å²) in [6.07, 6.45) is 8.25. The first kappa shape index (κ1) is 21.1. The lowest BCUT2D eigenvalue weighted by Crippen LogP contribution is -2.49. The van der Waals surface area contributed by atoms with Gasteiger partial charge < -0.3 is 15.5 Å². The molecule has 3 fully saturated rings. The van der Waals surface area contributed by atoms with Crippen molar-refractivity contribution in [3.63, 3.8) is 0 Å². The van der Waals surface area contributed by atoms with Crippen LogP contribution in [0.25, 0.3) is 0 Å². The maximum absolute atomic E-state index is 12.7. The Bertz CT molecular complexity index is 682. The van der Waals surface area contributed by atoms with Crippen molar-refractivity contribution in [2.24, 2.45) is 5.92 Å². The summed E-state index contributed by atoms with van der Waals surface area (Å²) in [5.74, 6) is -0.122. The largest absolute Gasteiger partial charge is 0.353 e. The molecule has 0 saturated carbocycles. The van der Waals surface area contributed by atoms with E-state index in [1.165, 1.54) is 31.2 Å². The molecule has 1 aromatic carbocycles. The Hall–Kier alpha value is -1.59. The van der Waals surface area contributed by atoms with E-state index in [0.717, 1.165) is 24.9 Å². The van der Waals surface area contributed by atoms with Gasteiger partial charge in [0.05, 0.1) is 5.92 Å². The first-order valence-corrected chi connectivity index (χ1v) is 10.6. The molecule has 28 heavy (non-hydrogen) atoms. The zero-order valence-electron chi connectivity index (χ0n) is 16.7. The summed E-state index contributed by atoms with van der Waals surface area (Å²) in [5, 5.41) is 6.83. The molecule has 3 aliphatic rings. The third-order valence-electron chi connectivity index (χ3n) is 6.38. The van der Waals surface area contributed by atoms with Gasteiger partial charge in [0.2, 0.25) is 11.8 Å². The molecule has 2 bridgehead atoms. The van der Waals surface area contributed by atoms with E-state index in [9.17, 15) is 9.59 Å². The molecule has 2 N–H and O–H groups in total. The number of carbonyl (C=O) groups is 2. The number of amides is 2. The molecule has 6 heteroatoms. The number of benzene rings is 1. The summed E-state index contributed by atoms with van der Waals surface area (Å²) in [6.45, 7) is 2.69. The van der Waals surface area contributed by atoms with E-state index in [1.54, 1.807) is 4.90 Å². The van der Waals surface area contributed by atoms with Crippen molar-refractivity contribution in [1.82, 2.24) is 10.6 Å². The Morgan fingerprint density at radius 2 is 1.86 bits per heavy atom. The van der Waals surface area contributed by atoms with Crippen molar-refractivity contribution in [3.8, 4) is 0 Å². The number of anilines is 1. The number of hydrogen-bond acceptors (Lipinski definition) is 3. The molecule has 154 valence electrons. The van der Waals surface area contributed by atoms with E-state index in [1.807, 2.05) is 12.1 Å².